The van der Waals surface area contributed by atoms with E-state index in [-0.39, 0.29) is 0 Å². The summed E-state index contributed by atoms with van der Waals surface area (Å²) in [7, 11) is 1.76. The van der Waals surface area contributed by atoms with Crippen LogP contribution in [0, 0.1) is 0 Å². The predicted molar refractivity (Wildman–Crippen MR) is 83.2 cm³/mol. The van der Waals surface area contributed by atoms with E-state index in [0.717, 1.165) is 17.8 Å². The van der Waals surface area contributed by atoms with Crippen LogP contribution in [-0.2, 0) is 6.54 Å². The zero-order chi connectivity index (χ0) is 14.6. The number of hydrogen-bond donors (Lipinski definition) is 3. The Bertz CT molecular complexity index is 322. The number of rotatable bonds is 4. The molecule has 0 unspecified atom stereocenters. The van der Waals surface area contributed by atoms with Gasteiger partial charge in [-0.25, -0.2) is 5.84 Å². The number of nitrogens with two attached hydrogens (primary N) is 2. The number of anilines is 2. The Kier molecular flexibility index (Phi) is 12.2. The predicted octanol–water partition coefficient (Wildman–Crippen LogP) is 2.86. The van der Waals surface area contributed by atoms with Crippen LogP contribution in [0.5, 0.6) is 0 Å². The summed E-state index contributed by atoms with van der Waals surface area (Å²) < 4.78 is 0. The summed E-state index contributed by atoms with van der Waals surface area (Å²) in [6, 6.07) is 5.75. The summed E-state index contributed by atoms with van der Waals surface area (Å²) in [6.07, 6.45) is 1.65. The molecule has 0 aromatic heterocycles. The first-order valence-corrected chi connectivity index (χ1v) is 6.36. The van der Waals surface area contributed by atoms with Crippen molar-refractivity contribution in [2.24, 2.45) is 5.84 Å². The minimum absolute atomic E-state index is 0.678. The lowest BCUT2D eigenvalue weighted by molar-refractivity contribution is 0.870. The minimum Gasteiger partial charge on any atom is -0.397 e. The maximum atomic E-state index is 5.76. The van der Waals surface area contributed by atoms with Gasteiger partial charge in [0, 0.05) is 13.6 Å². The quantitative estimate of drug-likeness (QED) is 0.438. The van der Waals surface area contributed by atoms with Crippen molar-refractivity contribution in [1.82, 2.24) is 5.32 Å². The van der Waals surface area contributed by atoms with Crippen molar-refractivity contribution in [2.45, 2.75) is 34.2 Å². The van der Waals surface area contributed by atoms with Crippen molar-refractivity contribution in [1.29, 1.82) is 0 Å². The molecule has 0 aliphatic heterocycles. The average Bonchev–Trinajstić information content (AvgIpc) is 2.42. The molecular weight excluding hydrogens is 224 g/mol. The molecule has 104 valence electrons. The summed E-state index contributed by atoms with van der Waals surface area (Å²) in [6.45, 7) is 12.3. The molecule has 0 heterocycles. The van der Waals surface area contributed by atoms with Gasteiger partial charge in [0.25, 0.3) is 0 Å². The van der Waals surface area contributed by atoms with Gasteiger partial charge in [-0.05, 0) is 23.9 Å². The number of hydrazine groups is 1. The van der Waals surface area contributed by atoms with Gasteiger partial charge in [0.2, 0.25) is 0 Å². The second-order valence-corrected chi connectivity index (χ2v) is 3.09. The monoisotopic (exact) mass is 252 g/mol. The average molecular weight is 252 g/mol. The lowest BCUT2D eigenvalue weighted by atomic mass is 10.1. The highest BCUT2D eigenvalue weighted by Gasteiger charge is 2.02. The van der Waals surface area contributed by atoms with Crippen molar-refractivity contribution in [2.75, 3.05) is 17.8 Å². The van der Waals surface area contributed by atoms with Gasteiger partial charge in [-0.15, -0.1) is 0 Å². The van der Waals surface area contributed by atoms with E-state index in [4.69, 9.17) is 11.6 Å². The third kappa shape index (κ3) is 6.81. The van der Waals surface area contributed by atoms with E-state index in [1.165, 1.54) is 5.01 Å². The first kappa shape index (κ1) is 18.7. The van der Waals surface area contributed by atoms with Crippen LogP contribution in [0.2, 0.25) is 0 Å². The number of nitrogen functional groups attached to an aromatic ring is 1. The van der Waals surface area contributed by atoms with E-state index in [0.29, 0.717) is 5.69 Å². The number of nitrogens with one attached hydrogen (secondary N) is 1. The fourth-order valence-corrected chi connectivity index (χ4v) is 1.19. The van der Waals surface area contributed by atoms with Crippen LogP contribution in [0.4, 0.5) is 11.4 Å². The Balaban J connectivity index is 0. The Morgan fingerprint density at radius 1 is 1.28 bits per heavy atom. The SMILES string of the molecule is C=CNCc1ccc(N)c(N(C)N)c1.CC.CC. The normalized spacial score (nSPS) is 8.11. The second kappa shape index (κ2) is 11.8. The molecule has 18 heavy (non-hydrogen) atoms. The molecule has 0 radical (unpaired) electrons. The molecule has 0 atom stereocenters. The molecule has 5 N–H and O–H groups in total. The smallest absolute Gasteiger partial charge is 0.0746 e. The molecule has 1 aromatic carbocycles. The fourth-order valence-electron chi connectivity index (χ4n) is 1.19. The lowest BCUT2D eigenvalue weighted by Gasteiger charge is -2.15. The molecule has 4 nitrogen and oxygen atoms in total. The van der Waals surface area contributed by atoms with E-state index in [1.54, 1.807) is 13.2 Å². The molecule has 0 bridgehead atoms. The molecule has 0 aliphatic rings. The number of benzene rings is 1. The Morgan fingerprint density at radius 3 is 2.28 bits per heavy atom. The topological polar surface area (TPSA) is 67.3 Å². The summed E-state index contributed by atoms with van der Waals surface area (Å²) in [5, 5.41) is 4.52. The zero-order valence-electron chi connectivity index (χ0n) is 12.3. The molecule has 0 saturated carbocycles. The maximum Gasteiger partial charge on any atom is 0.0746 e. The summed E-state index contributed by atoms with van der Waals surface area (Å²) in [4.78, 5) is 0. The van der Waals surface area contributed by atoms with E-state index in [2.05, 4.69) is 11.9 Å². The van der Waals surface area contributed by atoms with Crippen LogP contribution in [0.1, 0.15) is 33.3 Å². The van der Waals surface area contributed by atoms with Gasteiger partial charge in [-0.2, -0.15) is 0 Å². The summed E-state index contributed by atoms with van der Waals surface area (Å²) in [5.41, 5.74) is 8.38. The van der Waals surface area contributed by atoms with Crippen LogP contribution in [-0.4, -0.2) is 7.05 Å². The molecule has 0 aliphatic carbocycles. The third-order valence-corrected chi connectivity index (χ3v) is 1.93. The second-order valence-electron chi connectivity index (χ2n) is 3.09. The van der Waals surface area contributed by atoms with Gasteiger partial charge in [0.15, 0.2) is 0 Å². The Hall–Kier alpha value is -1.68. The van der Waals surface area contributed by atoms with Crippen molar-refractivity contribution in [3.63, 3.8) is 0 Å². The molecule has 0 fully saturated rings. The summed E-state index contributed by atoms with van der Waals surface area (Å²) in [5.74, 6) is 5.62. The van der Waals surface area contributed by atoms with Crippen molar-refractivity contribution < 1.29 is 0 Å². The van der Waals surface area contributed by atoms with E-state index >= 15 is 0 Å². The third-order valence-electron chi connectivity index (χ3n) is 1.93. The van der Waals surface area contributed by atoms with Gasteiger partial charge in [0.1, 0.15) is 0 Å². The highest BCUT2D eigenvalue weighted by molar-refractivity contribution is 5.67. The molecule has 4 heteroatoms. The molecule has 1 aromatic rings. The number of hydrogen-bond acceptors (Lipinski definition) is 4. The number of nitrogens with zero attached hydrogens (tertiary/aromatic N) is 1. The zero-order valence-corrected chi connectivity index (χ0v) is 12.3. The van der Waals surface area contributed by atoms with Crippen LogP contribution in [0.15, 0.2) is 31.0 Å². The Labute approximate surface area is 112 Å². The Morgan fingerprint density at radius 2 is 1.83 bits per heavy atom. The molecule has 1 rings (SSSR count). The van der Waals surface area contributed by atoms with E-state index in [9.17, 15) is 0 Å². The molecular formula is C14H28N4. The van der Waals surface area contributed by atoms with Crippen LogP contribution in [0.3, 0.4) is 0 Å². The van der Waals surface area contributed by atoms with Gasteiger partial charge < -0.3 is 16.1 Å². The van der Waals surface area contributed by atoms with E-state index < -0.39 is 0 Å². The standard InChI is InChI=1S/C10H16N4.2C2H6/c1-3-13-7-8-4-5-9(11)10(6-8)14(2)12;2*1-2/h3-6,13H,1,7,11-12H2,2H3;2*1-2H3. The summed E-state index contributed by atoms with van der Waals surface area (Å²) >= 11 is 0. The van der Waals surface area contributed by atoms with Crippen molar-refractivity contribution >= 4 is 11.4 Å². The first-order chi connectivity index (χ1) is 8.65. The molecule has 0 spiro atoms. The molecule has 0 amide bonds. The van der Waals surface area contributed by atoms with Gasteiger partial charge in [0.05, 0.1) is 11.4 Å². The van der Waals surface area contributed by atoms with Gasteiger partial charge in [-0.3, -0.25) is 0 Å². The van der Waals surface area contributed by atoms with Crippen LogP contribution < -0.4 is 21.9 Å². The van der Waals surface area contributed by atoms with Crippen molar-refractivity contribution in [3.05, 3.63) is 36.5 Å². The maximum absolute atomic E-state index is 5.76. The fraction of sp³-hybridized carbons (Fsp3) is 0.429. The minimum atomic E-state index is 0.678. The highest BCUT2D eigenvalue weighted by Crippen LogP contribution is 2.21. The largest absolute Gasteiger partial charge is 0.397 e. The molecule has 0 saturated heterocycles. The highest BCUT2D eigenvalue weighted by atomic mass is 15.4. The first-order valence-electron chi connectivity index (χ1n) is 6.36. The van der Waals surface area contributed by atoms with Crippen LogP contribution in [0.25, 0.3) is 0 Å². The van der Waals surface area contributed by atoms with Crippen molar-refractivity contribution in [3.8, 4) is 0 Å². The van der Waals surface area contributed by atoms with E-state index in [1.807, 2.05) is 45.9 Å². The lowest BCUT2D eigenvalue weighted by Crippen LogP contribution is -2.26. The van der Waals surface area contributed by atoms with Gasteiger partial charge in [-0.1, -0.05) is 40.3 Å². The van der Waals surface area contributed by atoms with Crippen LogP contribution >= 0.6 is 0 Å². The van der Waals surface area contributed by atoms with Gasteiger partial charge >= 0.3 is 0 Å².